The molecule has 2 aromatic carbocycles. The minimum absolute atomic E-state index is 0.137. The lowest BCUT2D eigenvalue weighted by Gasteiger charge is -1.93. The van der Waals surface area contributed by atoms with Gasteiger partial charge in [-0.3, -0.25) is 0 Å². The predicted octanol–water partition coefficient (Wildman–Crippen LogP) is 2.06. The van der Waals surface area contributed by atoms with Gasteiger partial charge in [-0.05, 0) is 17.7 Å². The van der Waals surface area contributed by atoms with Crippen LogP contribution in [-0.2, 0) is 4.79 Å². The first kappa shape index (κ1) is 13.6. The van der Waals surface area contributed by atoms with Gasteiger partial charge in [0.1, 0.15) is 5.70 Å². The molecule has 4 nitrogen and oxygen atoms in total. The Morgan fingerprint density at radius 2 is 1.28 bits per heavy atom. The van der Waals surface area contributed by atoms with Gasteiger partial charge in [0.25, 0.3) is 0 Å². The highest BCUT2D eigenvalue weighted by Crippen LogP contribution is 2.11. The number of rotatable bonds is 1. The topological polar surface area (TPSA) is 89.3 Å². The van der Waals surface area contributed by atoms with Gasteiger partial charge in [-0.1, -0.05) is 48.5 Å². The molecule has 0 unspecified atom stereocenters. The van der Waals surface area contributed by atoms with Gasteiger partial charge < -0.3 is 16.6 Å². The zero-order valence-electron chi connectivity index (χ0n) is 10.1. The monoisotopic (exact) mass is 244 g/mol. The summed E-state index contributed by atoms with van der Waals surface area (Å²) in [5, 5.41) is 10.7. The SMILES string of the molecule is C/C(N)=C(\N)C(=O)O.c1ccc2ccccc2c1. The van der Waals surface area contributed by atoms with Crippen LogP contribution < -0.4 is 11.5 Å². The Labute approximate surface area is 106 Å². The zero-order chi connectivity index (χ0) is 13.5. The second-order valence-electron chi connectivity index (χ2n) is 3.75. The Morgan fingerprint density at radius 3 is 1.44 bits per heavy atom. The third-order valence-electron chi connectivity index (χ3n) is 2.31. The normalized spacial score (nSPS) is 11.2. The smallest absolute Gasteiger partial charge is 0.353 e. The van der Waals surface area contributed by atoms with Crippen molar-refractivity contribution in [3.8, 4) is 0 Å². The van der Waals surface area contributed by atoms with Gasteiger partial charge in [0.05, 0.1) is 0 Å². The van der Waals surface area contributed by atoms with Crippen LogP contribution in [0.3, 0.4) is 0 Å². The maximum absolute atomic E-state index is 9.88. The molecule has 0 spiro atoms. The largest absolute Gasteiger partial charge is 0.477 e. The molecule has 0 bridgehead atoms. The van der Waals surface area contributed by atoms with Crippen molar-refractivity contribution < 1.29 is 9.90 Å². The van der Waals surface area contributed by atoms with Gasteiger partial charge in [-0.15, -0.1) is 0 Å². The van der Waals surface area contributed by atoms with Gasteiger partial charge in [0, 0.05) is 5.70 Å². The molecule has 5 N–H and O–H groups in total. The standard InChI is InChI=1S/C10H8.C4H8N2O2/c1-2-6-10-8-4-3-7-9(10)5-1;1-2(5)3(6)4(7)8/h1-8H;5-6H2,1H3,(H,7,8)/b;3-2+. The average Bonchev–Trinajstić information content (AvgIpc) is 2.38. The summed E-state index contributed by atoms with van der Waals surface area (Å²) in [4.78, 5) is 9.88. The third kappa shape index (κ3) is 3.83. The van der Waals surface area contributed by atoms with Gasteiger partial charge in [-0.25, -0.2) is 4.79 Å². The van der Waals surface area contributed by atoms with Crippen molar-refractivity contribution >= 4 is 16.7 Å². The number of carboxylic acids is 1. The van der Waals surface area contributed by atoms with E-state index in [1.54, 1.807) is 0 Å². The maximum Gasteiger partial charge on any atom is 0.353 e. The van der Waals surface area contributed by atoms with Crippen LogP contribution in [0.2, 0.25) is 0 Å². The number of benzene rings is 2. The van der Waals surface area contributed by atoms with Crippen molar-refractivity contribution in [2.24, 2.45) is 11.5 Å². The first-order chi connectivity index (χ1) is 8.52. The first-order valence-electron chi connectivity index (χ1n) is 5.41. The maximum atomic E-state index is 9.88. The van der Waals surface area contributed by atoms with E-state index in [4.69, 9.17) is 16.6 Å². The lowest BCUT2D eigenvalue weighted by molar-refractivity contribution is -0.132. The van der Waals surface area contributed by atoms with E-state index in [1.165, 1.54) is 17.7 Å². The van der Waals surface area contributed by atoms with Crippen LogP contribution in [0.15, 0.2) is 59.9 Å². The first-order valence-corrected chi connectivity index (χ1v) is 5.41. The number of allylic oxidation sites excluding steroid dienone is 1. The Balaban J connectivity index is 0.000000187. The van der Waals surface area contributed by atoms with E-state index in [1.807, 2.05) is 0 Å². The summed E-state index contributed by atoms with van der Waals surface area (Å²) in [5.41, 5.74) is 9.77. The molecule has 0 heterocycles. The second-order valence-corrected chi connectivity index (χ2v) is 3.75. The molecule has 94 valence electrons. The number of hydrogen-bond donors (Lipinski definition) is 3. The van der Waals surface area contributed by atoms with Crippen molar-refractivity contribution in [2.45, 2.75) is 6.92 Å². The molecule has 2 aromatic rings. The molecule has 0 saturated carbocycles. The van der Waals surface area contributed by atoms with Crippen molar-refractivity contribution in [1.82, 2.24) is 0 Å². The molecule has 0 fully saturated rings. The van der Waals surface area contributed by atoms with E-state index < -0.39 is 5.97 Å². The van der Waals surface area contributed by atoms with E-state index >= 15 is 0 Å². The number of carbonyl (C=O) groups is 1. The molecular weight excluding hydrogens is 228 g/mol. The van der Waals surface area contributed by atoms with E-state index in [0.717, 1.165) is 0 Å². The molecule has 4 heteroatoms. The minimum atomic E-state index is -1.18. The molecule has 18 heavy (non-hydrogen) atoms. The lowest BCUT2D eigenvalue weighted by atomic mass is 10.1. The average molecular weight is 244 g/mol. The fourth-order valence-electron chi connectivity index (χ4n) is 1.30. The van der Waals surface area contributed by atoms with Crippen molar-refractivity contribution in [3.05, 3.63) is 59.9 Å². The lowest BCUT2D eigenvalue weighted by Crippen LogP contribution is -2.15. The molecule has 0 aliphatic carbocycles. The van der Waals surface area contributed by atoms with Crippen LogP contribution in [-0.4, -0.2) is 11.1 Å². The molecule has 0 aromatic heterocycles. The molecule has 0 radical (unpaired) electrons. The van der Waals surface area contributed by atoms with Crippen LogP contribution in [0.1, 0.15) is 6.92 Å². The Hall–Kier alpha value is -2.49. The van der Waals surface area contributed by atoms with Gasteiger partial charge in [-0.2, -0.15) is 0 Å². The van der Waals surface area contributed by atoms with Gasteiger partial charge >= 0.3 is 5.97 Å². The van der Waals surface area contributed by atoms with E-state index in [0.29, 0.717) is 0 Å². The summed E-state index contributed by atoms with van der Waals surface area (Å²) in [6.45, 7) is 1.43. The Bertz CT molecular complexity index is 507. The van der Waals surface area contributed by atoms with E-state index in [9.17, 15) is 4.79 Å². The fourth-order valence-corrected chi connectivity index (χ4v) is 1.30. The molecule has 0 amide bonds. The second kappa shape index (κ2) is 6.30. The van der Waals surface area contributed by atoms with Crippen LogP contribution >= 0.6 is 0 Å². The Morgan fingerprint density at radius 1 is 0.944 bits per heavy atom. The molecule has 0 saturated heterocycles. The number of aliphatic carboxylic acids is 1. The molecule has 0 aliphatic heterocycles. The summed E-state index contributed by atoms with van der Waals surface area (Å²) >= 11 is 0. The summed E-state index contributed by atoms with van der Waals surface area (Å²) in [7, 11) is 0. The van der Waals surface area contributed by atoms with E-state index in [2.05, 4.69) is 48.5 Å². The van der Waals surface area contributed by atoms with Gasteiger partial charge in [0.2, 0.25) is 0 Å². The van der Waals surface area contributed by atoms with Crippen LogP contribution in [0.5, 0.6) is 0 Å². The summed E-state index contributed by atoms with van der Waals surface area (Å²) < 4.78 is 0. The third-order valence-corrected chi connectivity index (χ3v) is 2.31. The number of hydrogen-bond acceptors (Lipinski definition) is 3. The number of nitrogens with two attached hydrogens (primary N) is 2. The number of fused-ring (bicyclic) bond motifs is 1. The highest BCUT2D eigenvalue weighted by Gasteiger charge is 2.01. The summed E-state index contributed by atoms with van der Waals surface area (Å²) in [5.74, 6) is -1.18. The van der Waals surface area contributed by atoms with Crippen LogP contribution in [0.25, 0.3) is 10.8 Å². The molecule has 0 aliphatic rings. The quantitative estimate of drug-likeness (QED) is 0.670. The van der Waals surface area contributed by atoms with Gasteiger partial charge in [0.15, 0.2) is 0 Å². The molecular formula is C14H16N2O2. The zero-order valence-corrected chi connectivity index (χ0v) is 10.1. The fraction of sp³-hybridized carbons (Fsp3) is 0.0714. The molecule has 2 rings (SSSR count). The van der Waals surface area contributed by atoms with Crippen molar-refractivity contribution in [3.63, 3.8) is 0 Å². The van der Waals surface area contributed by atoms with Crippen molar-refractivity contribution in [1.29, 1.82) is 0 Å². The predicted molar refractivity (Wildman–Crippen MR) is 72.7 cm³/mol. The van der Waals surface area contributed by atoms with E-state index in [-0.39, 0.29) is 11.4 Å². The minimum Gasteiger partial charge on any atom is -0.477 e. The van der Waals surface area contributed by atoms with Crippen LogP contribution in [0.4, 0.5) is 0 Å². The highest BCUT2D eigenvalue weighted by atomic mass is 16.4. The highest BCUT2D eigenvalue weighted by molar-refractivity contribution is 5.86. The van der Waals surface area contributed by atoms with Crippen LogP contribution in [0, 0.1) is 0 Å². The number of carboxylic acid groups (broad SMARTS) is 1. The Kier molecular flexibility index (Phi) is 4.75. The molecule has 0 atom stereocenters. The summed E-state index contributed by atoms with van der Waals surface area (Å²) in [6.07, 6.45) is 0. The summed E-state index contributed by atoms with van der Waals surface area (Å²) in [6, 6.07) is 16.7. The van der Waals surface area contributed by atoms with Crippen molar-refractivity contribution in [2.75, 3.05) is 0 Å².